The van der Waals surface area contributed by atoms with E-state index in [1.807, 2.05) is 12.1 Å². The van der Waals surface area contributed by atoms with Crippen LogP contribution in [0.2, 0.25) is 0 Å². The summed E-state index contributed by atoms with van der Waals surface area (Å²) in [6.07, 6.45) is 6.51. The highest BCUT2D eigenvalue weighted by Gasteiger charge is 2.22. The molecular formula is C17H22N4. The lowest BCUT2D eigenvalue weighted by molar-refractivity contribution is 0.250. The minimum Gasteiger partial charge on any atom is -0.369 e. The molecule has 1 aliphatic rings. The van der Waals surface area contributed by atoms with Gasteiger partial charge in [0, 0.05) is 6.54 Å². The molecule has 0 atom stereocenters. The van der Waals surface area contributed by atoms with Crippen molar-refractivity contribution in [3.05, 3.63) is 23.8 Å². The van der Waals surface area contributed by atoms with Gasteiger partial charge in [-0.3, -0.25) is 0 Å². The normalized spacial score (nSPS) is 22.3. The summed E-state index contributed by atoms with van der Waals surface area (Å²) >= 11 is 0. The second kappa shape index (κ2) is 5.77. The molecule has 0 amide bonds. The van der Waals surface area contributed by atoms with E-state index in [9.17, 15) is 5.26 Å². The minimum atomic E-state index is 0.533. The molecule has 1 heterocycles. The number of hydrogen-bond donors (Lipinski definition) is 1. The highest BCUT2D eigenvalue weighted by atomic mass is 15.2. The van der Waals surface area contributed by atoms with Crippen LogP contribution in [0.3, 0.4) is 0 Å². The molecular weight excluding hydrogens is 260 g/mol. The molecule has 0 bridgehead atoms. The first-order chi connectivity index (χ1) is 10.2. The van der Waals surface area contributed by atoms with Gasteiger partial charge in [0.1, 0.15) is 11.6 Å². The van der Waals surface area contributed by atoms with Crippen LogP contribution >= 0.6 is 0 Å². The van der Waals surface area contributed by atoms with Crippen LogP contribution in [0.1, 0.15) is 44.6 Å². The summed E-state index contributed by atoms with van der Waals surface area (Å²) in [6, 6.07) is 7.91. The van der Waals surface area contributed by atoms with Crippen molar-refractivity contribution in [1.82, 2.24) is 9.55 Å². The summed E-state index contributed by atoms with van der Waals surface area (Å²) in [4.78, 5) is 4.40. The molecule has 2 N–H and O–H groups in total. The molecule has 4 heteroatoms. The lowest BCUT2D eigenvalue weighted by atomic mass is 9.81. The van der Waals surface area contributed by atoms with Crippen LogP contribution in [-0.4, -0.2) is 9.55 Å². The molecule has 1 fully saturated rings. The highest BCUT2D eigenvalue weighted by molar-refractivity contribution is 5.83. The van der Waals surface area contributed by atoms with E-state index in [4.69, 9.17) is 5.73 Å². The Morgan fingerprint density at radius 3 is 2.67 bits per heavy atom. The molecule has 2 aromatic rings. The predicted octanol–water partition coefficient (Wildman–Crippen LogP) is 3.71. The first-order valence-electron chi connectivity index (χ1n) is 7.87. The molecule has 110 valence electrons. The quantitative estimate of drug-likeness (QED) is 0.933. The highest BCUT2D eigenvalue weighted by Crippen LogP contribution is 2.33. The minimum absolute atomic E-state index is 0.533. The summed E-state index contributed by atoms with van der Waals surface area (Å²) in [5, 5.41) is 9.17. The number of aromatic nitrogens is 2. The van der Waals surface area contributed by atoms with Crippen LogP contribution in [0.15, 0.2) is 18.2 Å². The summed E-state index contributed by atoms with van der Waals surface area (Å²) in [6.45, 7) is 3.21. The first kappa shape index (κ1) is 13.9. The molecule has 0 saturated heterocycles. The average molecular weight is 282 g/mol. The number of nitrogen functional groups attached to an aromatic ring is 1. The Labute approximate surface area is 125 Å². The monoisotopic (exact) mass is 282 g/mol. The van der Waals surface area contributed by atoms with E-state index in [2.05, 4.69) is 22.5 Å². The van der Waals surface area contributed by atoms with Crippen molar-refractivity contribution in [3.63, 3.8) is 0 Å². The van der Waals surface area contributed by atoms with Crippen molar-refractivity contribution in [2.45, 2.75) is 45.6 Å². The number of imidazole rings is 1. The zero-order valence-corrected chi connectivity index (χ0v) is 12.5. The van der Waals surface area contributed by atoms with E-state index in [1.54, 1.807) is 6.07 Å². The van der Waals surface area contributed by atoms with Crippen LogP contribution in [0.25, 0.3) is 11.0 Å². The van der Waals surface area contributed by atoms with Crippen LogP contribution in [0, 0.1) is 23.2 Å². The van der Waals surface area contributed by atoms with Crippen molar-refractivity contribution < 1.29 is 0 Å². The standard InChI is InChI=1S/C17H22N4/c1-2-12-6-8-13(9-7-12)11-21-15-5-3-4-14(10-18)16(15)20-17(21)19/h3-5,12-13H,2,6-9,11H2,1H3,(H2,19,20). The van der Waals surface area contributed by atoms with Gasteiger partial charge in [0.25, 0.3) is 0 Å². The topological polar surface area (TPSA) is 67.6 Å². The van der Waals surface area contributed by atoms with Crippen LogP contribution < -0.4 is 5.73 Å². The molecule has 1 saturated carbocycles. The molecule has 0 aliphatic heterocycles. The Balaban J connectivity index is 1.85. The van der Waals surface area contributed by atoms with Crippen LogP contribution in [0.5, 0.6) is 0 Å². The van der Waals surface area contributed by atoms with Gasteiger partial charge in [-0.15, -0.1) is 0 Å². The van der Waals surface area contributed by atoms with Crippen LogP contribution in [-0.2, 0) is 6.54 Å². The number of anilines is 1. The van der Waals surface area contributed by atoms with E-state index in [0.717, 1.165) is 23.5 Å². The van der Waals surface area contributed by atoms with E-state index < -0.39 is 0 Å². The Kier molecular flexibility index (Phi) is 3.83. The largest absolute Gasteiger partial charge is 0.369 e. The lowest BCUT2D eigenvalue weighted by Gasteiger charge is -2.28. The number of para-hydroxylation sites is 1. The Bertz CT molecular complexity index is 672. The van der Waals surface area contributed by atoms with Crippen molar-refractivity contribution in [3.8, 4) is 6.07 Å². The van der Waals surface area contributed by atoms with Gasteiger partial charge in [0.2, 0.25) is 5.95 Å². The molecule has 21 heavy (non-hydrogen) atoms. The van der Waals surface area contributed by atoms with E-state index >= 15 is 0 Å². The Morgan fingerprint density at radius 1 is 1.29 bits per heavy atom. The van der Waals surface area contributed by atoms with Gasteiger partial charge >= 0.3 is 0 Å². The van der Waals surface area contributed by atoms with Crippen LogP contribution in [0.4, 0.5) is 5.95 Å². The molecule has 1 aliphatic carbocycles. The first-order valence-corrected chi connectivity index (χ1v) is 7.87. The van der Waals surface area contributed by atoms with E-state index in [0.29, 0.717) is 17.4 Å². The summed E-state index contributed by atoms with van der Waals surface area (Å²) in [7, 11) is 0. The average Bonchev–Trinajstić information content (AvgIpc) is 2.84. The number of hydrogen-bond acceptors (Lipinski definition) is 3. The van der Waals surface area contributed by atoms with Crippen molar-refractivity contribution in [1.29, 1.82) is 5.26 Å². The van der Waals surface area contributed by atoms with Crippen molar-refractivity contribution >= 4 is 17.0 Å². The fourth-order valence-corrected chi connectivity index (χ4v) is 3.53. The van der Waals surface area contributed by atoms with Gasteiger partial charge in [-0.05, 0) is 36.8 Å². The number of nitriles is 1. The molecule has 0 radical (unpaired) electrons. The predicted molar refractivity (Wildman–Crippen MR) is 84.6 cm³/mol. The maximum absolute atomic E-state index is 9.17. The maximum Gasteiger partial charge on any atom is 0.201 e. The van der Waals surface area contributed by atoms with E-state index in [-0.39, 0.29) is 0 Å². The summed E-state index contributed by atoms with van der Waals surface area (Å²) in [5.41, 5.74) is 8.42. The number of nitrogens with zero attached hydrogens (tertiary/aromatic N) is 3. The van der Waals surface area contributed by atoms with Gasteiger partial charge in [-0.2, -0.15) is 5.26 Å². The second-order valence-electron chi connectivity index (χ2n) is 6.16. The molecule has 1 aromatic carbocycles. The smallest absolute Gasteiger partial charge is 0.201 e. The number of rotatable bonds is 3. The van der Waals surface area contributed by atoms with Crippen molar-refractivity contribution in [2.75, 3.05) is 5.73 Å². The summed E-state index contributed by atoms with van der Waals surface area (Å²) in [5.74, 6) is 2.12. The zero-order valence-electron chi connectivity index (χ0n) is 12.5. The molecule has 1 aromatic heterocycles. The number of benzene rings is 1. The molecule has 0 spiro atoms. The molecule has 3 rings (SSSR count). The Morgan fingerprint density at radius 2 is 2.00 bits per heavy atom. The molecule has 4 nitrogen and oxygen atoms in total. The third-order valence-corrected chi connectivity index (χ3v) is 4.91. The third-order valence-electron chi connectivity index (χ3n) is 4.91. The van der Waals surface area contributed by atoms with Gasteiger partial charge in [-0.1, -0.05) is 32.3 Å². The van der Waals surface area contributed by atoms with Gasteiger partial charge in [0.15, 0.2) is 0 Å². The Hall–Kier alpha value is -2.02. The molecule has 0 unspecified atom stereocenters. The fourth-order valence-electron chi connectivity index (χ4n) is 3.53. The second-order valence-corrected chi connectivity index (χ2v) is 6.16. The fraction of sp³-hybridized carbons (Fsp3) is 0.529. The van der Waals surface area contributed by atoms with Gasteiger partial charge in [0.05, 0.1) is 11.1 Å². The third kappa shape index (κ3) is 2.61. The number of nitrogens with two attached hydrogens (primary N) is 1. The SMILES string of the molecule is CCC1CCC(Cn2c(N)nc3c(C#N)cccc32)CC1. The zero-order chi connectivity index (χ0) is 14.8. The summed E-state index contributed by atoms with van der Waals surface area (Å²) < 4.78 is 2.09. The van der Waals surface area contributed by atoms with Crippen molar-refractivity contribution in [2.24, 2.45) is 11.8 Å². The van der Waals surface area contributed by atoms with Gasteiger partial charge in [-0.25, -0.2) is 4.98 Å². The maximum atomic E-state index is 9.17. The van der Waals surface area contributed by atoms with Gasteiger partial charge < -0.3 is 10.3 Å². The lowest BCUT2D eigenvalue weighted by Crippen LogP contribution is -2.19. The van der Waals surface area contributed by atoms with E-state index in [1.165, 1.54) is 32.1 Å². The number of fused-ring (bicyclic) bond motifs is 1.